The van der Waals surface area contributed by atoms with Gasteiger partial charge < -0.3 is 10.4 Å². The molecule has 0 rings (SSSR count). The third-order valence-electron chi connectivity index (χ3n) is 1.73. The number of amides is 1. The Hall–Kier alpha value is -1.15. The minimum atomic E-state index is -0.175. The fourth-order valence-corrected chi connectivity index (χ4v) is 1.13. The van der Waals surface area contributed by atoms with Crippen molar-refractivity contribution in [1.29, 1.82) is 0 Å². The summed E-state index contributed by atoms with van der Waals surface area (Å²) >= 11 is 0. The van der Waals surface area contributed by atoms with E-state index in [2.05, 4.69) is 4.79 Å². The highest BCUT2D eigenvalue weighted by Crippen LogP contribution is 1.95. The molecule has 0 spiro atoms. The van der Waals surface area contributed by atoms with E-state index in [0.717, 1.165) is 25.9 Å². The summed E-state index contributed by atoms with van der Waals surface area (Å²) in [7, 11) is 0. The van der Waals surface area contributed by atoms with Gasteiger partial charge >= 0.3 is 11.6 Å². The van der Waals surface area contributed by atoms with Gasteiger partial charge in [-0.1, -0.05) is 13.8 Å². The van der Waals surface area contributed by atoms with Gasteiger partial charge in [0.25, 0.3) is 0 Å². The highest BCUT2D eigenvalue weighted by molar-refractivity contribution is 6.35. The third kappa shape index (κ3) is 3.85. The van der Waals surface area contributed by atoms with E-state index >= 15 is 0 Å². The monoisotopic (exact) mass is 183 g/mol. The fraction of sp³-hybridized carbons (Fsp3) is 0.778. The minimum absolute atomic E-state index is 0.155. The first-order valence-corrected chi connectivity index (χ1v) is 4.65. The van der Waals surface area contributed by atoms with Gasteiger partial charge in [-0.05, 0) is 12.8 Å². The van der Waals surface area contributed by atoms with Gasteiger partial charge in [-0.3, -0.25) is 4.79 Å². The Labute approximate surface area is 79.2 Å². The van der Waals surface area contributed by atoms with E-state index in [9.17, 15) is 4.79 Å². The zero-order chi connectivity index (χ0) is 10.3. The molecule has 4 heteroatoms. The molecule has 0 N–H and O–H groups in total. The molecule has 0 aromatic carbocycles. The maximum Gasteiger partial charge on any atom is 0.352 e. The molecule has 0 heterocycles. The molecule has 0 aliphatic heterocycles. The summed E-state index contributed by atoms with van der Waals surface area (Å²) < 4.78 is 0. The largest absolute Gasteiger partial charge is 0.361 e. The van der Waals surface area contributed by atoms with Crippen LogP contribution >= 0.6 is 0 Å². The molecule has 0 atom stereocenters. The van der Waals surface area contributed by atoms with Crippen molar-refractivity contribution in [3.63, 3.8) is 0 Å². The smallest absolute Gasteiger partial charge is 0.352 e. The molecule has 0 saturated carbocycles. The van der Waals surface area contributed by atoms with Crippen molar-refractivity contribution in [2.45, 2.75) is 33.6 Å². The van der Waals surface area contributed by atoms with Gasteiger partial charge in [-0.2, -0.15) is 4.79 Å². The average molecular weight is 183 g/mol. The Morgan fingerprint density at radius 1 is 1.31 bits per heavy atom. The van der Waals surface area contributed by atoms with Gasteiger partial charge in [0.15, 0.2) is 0 Å². The highest BCUT2D eigenvalue weighted by atomic mass is 16.2. The molecule has 0 aliphatic carbocycles. The third-order valence-corrected chi connectivity index (χ3v) is 1.73. The summed E-state index contributed by atoms with van der Waals surface area (Å²) in [6.07, 6.45) is 1.84. The van der Waals surface area contributed by atoms with Gasteiger partial charge in [0.05, 0.1) is 0 Å². The van der Waals surface area contributed by atoms with E-state index in [1.807, 2.05) is 13.8 Å². The molecule has 0 radical (unpaired) electrons. The van der Waals surface area contributed by atoms with Crippen LogP contribution in [0.3, 0.4) is 0 Å². The van der Waals surface area contributed by atoms with Crippen LogP contribution in [0.5, 0.6) is 0 Å². The summed E-state index contributed by atoms with van der Waals surface area (Å²) in [5.74, 6) is -0.175. The van der Waals surface area contributed by atoms with Crippen molar-refractivity contribution in [3.8, 4) is 0 Å². The SMILES string of the molecule is CCCN(CCC)C(=O)C(C)=[N+]=[N-]. The average Bonchev–Trinajstić information content (AvgIpc) is 2.15. The van der Waals surface area contributed by atoms with Crippen LogP contribution in [0, 0.1) is 0 Å². The van der Waals surface area contributed by atoms with Gasteiger partial charge in [-0.15, -0.1) is 0 Å². The van der Waals surface area contributed by atoms with Gasteiger partial charge in [0.2, 0.25) is 0 Å². The molecule has 0 aliphatic rings. The second kappa shape index (κ2) is 6.38. The van der Waals surface area contributed by atoms with Crippen molar-refractivity contribution >= 4 is 11.6 Å². The normalized spacial score (nSPS) is 9.15. The molecule has 74 valence electrons. The fourth-order valence-electron chi connectivity index (χ4n) is 1.13. The predicted molar refractivity (Wildman–Crippen MR) is 51.5 cm³/mol. The summed E-state index contributed by atoms with van der Waals surface area (Å²) in [5.41, 5.74) is 8.59. The van der Waals surface area contributed by atoms with Crippen molar-refractivity contribution in [2.75, 3.05) is 13.1 Å². The molecule has 0 unspecified atom stereocenters. The van der Waals surface area contributed by atoms with Crippen molar-refractivity contribution in [1.82, 2.24) is 4.90 Å². The van der Waals surface area contributed by atoms with Gasteiger partial charge in [0, 0.05) is 20.0 Å². The lowest BCUT2D eigenvalue weighted by atomic mass is 10.3. The van der Waals surface area contributed by atoms with Crippen LogP contribution in [0.1, 0.15) is 33.6 Å². The summed E-state index contributed by atoms with van der Waals surface area (Å²) in [6.45, 7) is 6.99. The second-order valence-electron chi connectivity index (χ2n) is 2.98. The molecule has 0 saturated heterocycles. The number of hydrogen-bond acceptors (Lipinski definition) is 1. The summed E-state index contributed by atoms with van der Waals surface area (Å²) in [5, 5.41) is 0. The highest BCUT2D eigenvalue weighted by Gasteiger charge is 2.20. The molecule has 13 heavy (non-hydrogen) atoms. The minimum Gasteiger partial charge on any atom is -0.361 e. The summed E-state index contributed by atoms with van der Waals surface area (Å²) in [6, 6.07) is 0. The first-order chi connectivity index (χ1) is 6.17. The van der Waals surface area contributed by atoms with Crippen LogP contribution in [-0.2, 0) is 4.79 Å². The molecule has 0 fully saturated rings. The van der Waals surface area contributed by atoms with Crippen molar-refractivity contribution in [2.24, 2.45) is 0 Å². The molecular formula is C9H17N3O. The Balaban J connectivity index is 4.35. The molecular weight excluding hydrogens is 166 g/mol. The quantitative estimate of drug-likeness (QED) is 0.360. The van der Waals surface area contributed by atoms with Crippen molar-refractivity contribution < 1.29 is 9.58 Å². The van der Waals surface area contributed by atoms with Crippen LogP contribution in [0.2, 0.25) is 0 Å². The lowest BCUT2D eigenvalue weighted by Gasteiger charge is -2.18. The van der Waals surface area contributed by atoms with E-state index < -0.39 is 0 Å². The standard InChI is InChI=1S/C9H17N3O/c1-4-6-12(7-5-2)9(13)8(3)11-10/h4-7H2,1-3H3. The molecule has 0 aromatic heterocycles. The Bertz CT molecular complexity index is 213. The van der Waals surface area contributed by atoms with Crippen LogP contribution in [0.25, 0.3) is 5.53 Å². The molecule has 0 bridgehead atoms. The lowest BCUT2D eigenvalue weighted by Crippen LogP contribution is -2.37. The molecule has 1 amide bonds. The van der Waals surface area contributed by atoms with Crippen LogP contribution in [-0.4, -0.2) is 34.4 Å². The Kier molecular flexibility index (Phi) is 5.81. The van der Waals surface area contributed by atoms with Crippen LogP contribution < -0.4 is 0 Å². The maximum absolute atomic E-state index is 11.5. The second-order valence-corrected chi connectivity index (χ2v) is 2.98. The van der Waals surface area contributed by atoms with Crippen molar-refractivity contribution in [3.05, 3.63) is 5.53 Å². The molecule has 4 nitrogen and oxygen atoms in total. The van der Waals surface area contributed by atoms with Gasteiger partial charge in [-0.25, -0.2) is 0 Å². The maximum atomic E-state index is 11.5. The predicted octanol–water partition coefficient (Wildman–Crippen LogP) is 1.33. The number of rotatable bonds is 5. The topological polar surface area (TPSA) is 56.7 Å². The van der Waals surface area contributed by atoms with E-state index in [4.69, 9.17) is 5.53 Å². The molecule has 0 aromatic rings. The number of nitrogens with zero attached hydrogens (tertiary/aromatic N) is 3. The number of carbonyl (C=O) groups excluding carboxylic acids is 1. The number of carbonyl (C=O) groups is 1. The van der Waals surface area contributed by atoms with Crippen LogP contribution in [0.4, 0.5) is 0 Å². The number of hydrogen-bond donors (Lipinski definition) is 0. The Morgan fingerprint density at radius 3 is 2.08 bits per heavy atom. The first-order valence-electron chi connectivity index (χ1n) is 4.65. The van der Waals surface area contributed by atoms with E-state index in [-0.39, 0.29) is 11.6 Å². The van der Waals surface area contributed by atoms with Crippen LogP contribution in [0.15, 0.2) is 0 Å². The first kappa shape index (κ1) is 11.8. The van der Waals surface area contributed by atoms with Gasteiger partial charge in [0.1, 0.15) is 0 Å². The zero-order valence-corrected chi connectivity index (χ0v) is 8.58. The van der Waals surface area contributed by atoms with E-state index in [1.54, 1.807) is 4.90 Å². The Morgan fingerprint density at radius 2 is 1.77 bits per heavy atom. The van der Waals surface area contributed by atoms with E-state index in [0.29, 0.717) is 0 Å². The zero-order valence-electron chi connectivity index (χ0n) is 8.58. The van der Waals surface area contributed by atoms with E-state index in [1.165, 1.54) is 6.92 Å². The lowest BCUT2D eigenvalue weighted by molar-refractivity contribution is -0.128. The summed E-state index contributed by atoms with van der Waals surface area (Å²) in [4.78, 5) is 16.1.